The van der Waals surface area contributed by atoms with Gasteiger partial charge in [-0.2, -0.15) is 0 Å². The predicted octanol–water partition coefficient (Wildman–Crippen LogP) is 1.67. The molecule has 4 heteroatoms. The molecule has 0 unspecified atom stereocenters. The highest BCUT2D eigenvalue weighted by molar-refractivity contribution is 8.76. The van der Waals surface area contributed by atoms with Crippen LogP contribution in [0.1, 0.15) is 13.3 Å². The van der Waals surface area contributed by atoms with E-state index in [9.17, 15) is 0 Å². The summed E-state index contributed by atoms with van der Waals surface area (Å²) in [7, 11) is 3.69. The molecular weight excluding hydrogens is 154 g/mol. The van der Waals surface area contributed by atoms with Gasteiger partial charge in [-0.15, -0.1) is 0 Å². The summed E-state index contributed by atoms with van der Waals surface area (Å²) in [5.41, 5.74) is 0. The standard InChI is InChI=1S/C5H13NOS2/c1-2-4-8-9-5-3-7-6/h2-6H2,1H3. The molecule has 0 saturated carbocycles. The molecule has 0 aromatic heterocycles. The first kappa shape index (κ1) is 9.62. The van der Waals surface area contributed by atoms with Crippen LogP contribution in [0.3, 0.4) is 0 Å². The summed E-state index contributed by atoms with van der Waals surface area (Å²) in [4.78, 5) is 4.39. The van der Waals surface area contributed by atoms with Gasteiger partial charge in [0.05, 0.1) is 6.61 Å². The van der Waals surface area contributed by atoms with Gasteiger partial charge in [0, 0.05) is 11.5 Å². The molecule has 0 heterocycles. The molecule has 0 bridgehead atoms. The highest BCUT2D eigenvalue weighted by Crippen LogP contribution is 2.20. The van der Waals surface area contributed by atoms with Crippen LogP contribution in [-0.2, 0) is 4.84 Å². The number of rotatable bonds is 6. The van der Waals surface area contributed by atoms with Crippen molar-refractivity contribution >= 4 is 21.6 Å². The Morgan fingerprint density at radius 2 is 2.00 bits per heavy atom. The Labute approximate surface area is 64.3 Å². The van der Waals surface area contributed by atoms with E-state index >= 15 is 0 Å². The molecule has 0 saturated heterocycles. The largest absolute Gasteiger partial charge is 0.304 e. The minimum atomic E-state index is 0.654. The van der Waals surface area contributed by atoms with Gasteiger partial charge in [-0.1, -0.05) is 28.5 Å². The van der Waals surface area contributed by atoms with Gasteiger partial charge in [0.15, 0.2) is 0 Å². The molecule has 0 aromatic carbocycles. The second kappa shape index (κ2) is 8.62. The van der Waals surface area contributed by atoms with E-state index in [1.54, 1.807) is 0 Å². The van der Waals surface area contributed by atoms with Crippen molar-refractivity contribution in [3.8, 4) is 0 Å². The molecule has 0 fully saturated rings. The van der Waals surface area contributed by atoms with E-state index in [2.05, 4.69) is 11.8 Å². The molecule has 9 heavy (non-hydrogen) atoms. The van der Waals surface area contributed by atoms with Crippen molar-refractivity contribution in [1.29, 1.82) is 0 Å². The summed E-state index contributed by atoms with van der Waals surface area (Å²) in [6, 6.07) is 0. The molecule has 0 aliphatic rings. The molecule has 0 spiro atoms. The highest BCUT2D eigenvalue weighted by atomic mass is 33.1. The molecule has 0 aliphatic heterocycles. The Kier molecular flexibility index (Phi) is 9.21. The zero-order chi connectivity index (χ0) is 6.95. The van der Waals surface area contributed by atoms with Gasteiger partial charge < -0.3 is 4.84 Å². The van der Waals surface area contributed by atoms with Crippen molar-refractivity contribution in [2.24, 2.45) is 5.90 Å². The highest BCUT2D eigenvalue weighted by Gasteiger charge is 1.86. The van der Waals surface area contributed by atoms with Gasteiger partial charge >= 0.3 is 0 Å². The molecule has 0 amide bonds. The van der Waals surface area contributed by atoms with E-state index in [0.717, 1.165) is 5.75 Å². The molecule has 0 rings (SSSR count). The normalized spacial score (nSPS) is 10.0. The van der Waals surface area contributed by atoms with E-state index in [1.165, 1.54) is 12.2 Å². The quantitative estimate of drug-likeness (QED) is 0.371. The fourth-order valence-electron chi connectivity index (χ4n) is 0.283. The molecule has 2 nitrogen and oxygen atoms in total. The lowest BCUT2D eigenvalue weighted by Gasteiger charge is -1.96. The Bertz CT molecular complexity index is 48.2. The number of nitrogens with two attached hydrogens (primary N) is 1. The van der Waals surface area contributed by atoms with Crippen LogP contribution in [0.4, 0.5) is 0 Å². The lowest BCUT2D eigenvalue weighted by atomic mass is 10.6. The van der Waals surface area contributed by atoms with Crippen LogP contribution in [0.15, 0.2) is 0 Å². The van der Waals surface area contributed by atoms with E-state index in [0.29, 0.717) is 6.61 Å². The first-order valence-corrected chi connectivity index (χ1v) is 5.46. The van der Waals surface area contributed by atoms with E-state index in [1.807, 2.05) is 21.6 Å². The van der Waals surface area contributed by atoms with Crippen molar-refractivity contribution in [2.75, 3.05) is 18.1 Å². The van der Waals surface area contributed by atoms with Gasteiger partial charge in [-0.3, -0.25) is 0 Å². The first-order chi connectivity index (χ1) is 4.41. The van der Waals surface area contributed by atoms with E-state index in [4.69, 9.17) is 5.90 Å². The van der Waals surface area contributed by atoms with Gasteiger partial charge in [-0.25, -0.2) is 5.90 Å². The smallest absolute Gasteiger partial charge is 0.0778 e. The molecule has 2 N–H and O–H groups in total. The van der Waals surface area contributed by atoms with Crippen molar-refractivity contribution in [3.05, 3.63) is 0 Å². The predicted molar refractivity (Wildman–Crippen MR) is 45.3 cm³/mol. The van der Waals surface area contributed by atoms with Crippen LogP contribution in [-0.4, -0.2) is 18.1 Å². The lowest BCUT2D eigenvalue weighted by Crippen LogP contribution is -2.01. The maximum atomic E-state index is 4.82. The van der Waals surface area contributed by atoms with Gasteiger partial charge in [-0.05, 0) is 6.42 Å². The van der Waals surface area contributed by atoms with Crippen molar-refractivity contribution in [1.82, 2.24) is 0 Å². The molecule has 0 atom stereocenters. The second-order valence-electron chi connectivity index (χ2n) is 1.51. The number of hydrogen-bond donors (Lipinski definition) is 1. The van der Waals surface area contributed by atoms with Crippen molar-refractivity contribution < 1.29 is 4.84 Å². The Balaban J connectivity index is 2.60. The summed E-state index contributed by atoms with van der Waals surface area (Å²) in [6.07, 6.45) is 1.24. The molecular formula is C5H13NOS2. The summed E-state index contributed by atoms with van der Waals surface area (Å²) >= 11 is 0. The minimum Gasteiger partial charge on any atom is -0.304 e. The average Bonchev–Trinajstić information content (AvgIpc) is 1.89. The van der Waals surface area contributed by atoms with Gasteiger partial charge in [0.25, 0.3) is 0 Å². The maximum absolute atomic E-state index is 4.82. The average molecular weight is 167 g/mol. The Hall–Kier alpha value is 0.620. The fraction of sp³-hybridized carbons (Fsp3) is 1.00. The zero-order valence-corrected chi connectivity index (χ0v) is 7.26. The van der Waals surface area contributed by atoms with Crippen LogP contribution in [0.2, 0.25) is 0 Å². The van der Waals surface area contributed by atoms with Crippen LogP contribution < -0.4 is 5.90 Å². The summed E-state index contributed by atoms with van der Waals surface area (Å²) in [6.45, 7) is 2.83. The van der Waals surface area contributed by atoms with E-state index in [-0.39, 0.29) is 0 Å². The second-order valence-corrected chi connectivity index (χ2v) is 4.22. The third kappa shape index (κ3) is 8.62. The zero-order valence-electron chi connectivity index (χ0n) is 5.63. The van der Waals surface area contributed by atoms with E-state index < -0.39 is 0 Å². The summed E-state index contributed by atoms with van der Waals surface area (Å²) < 4.78 is 0. The third-order valence-electron chi connectivity index (χ3n) is 0.655. The van der Waals surface area contributed by atoms with Crippen LogP contribution in [0.25, 0.3) is 0 Å². The first-order valence-electron chi connectivity index (χ1n) is 2.98. The summed E-state index contributed by atoms with van der Waals surface area (Å²) in [5.74, 6) is 7.03. The summed E-state index contributed by atoms with van der Waals surface area (Å²) in [5, 5.41) is 0. The molecule has 0 aliphatic carbocycles. The third-order valence-corrected chi connectivity index (χ3v) is 3.23. The van der Waals surface area contributed by atoms with Crippen LogP contribution in [0.5, 0.6) is 0 Å². The molecule has 56 valence electrons. The Morgan fingerprint density at radius 1 is 1.33 bits per heavy atom. The SMILES string of the molecule is CCCSSCCON. The minimum absolute atomic E-state index is 0.654. The van der Waals surface area contributed by atoms with Crippen LogP contribution >= 0.6 is 21.6 Å². The van der Waals surface area contributed by atoms with Gasteiger partial charge in [0.2, 0.25) is 0 Å². The fourth-order valence-corrected chi connectivity index (χ4v) is 2.26. The molecule has 0 radical (unpaired) electrons. The maximum Gasteiger partial charge on any atom is 0.0778 e. The van der Waals surface area contributed by atoms with Crippen molar-refractivity contribution in [2.45, 2.75) is 13.3 Å². The van der Waals surface area contributed by atoms with Gasteiger partial charge in [0.1, 0.15) is 0 Å². The van der Waals surface area contributed by atoms with Crippen LogP contribution in [0, 0.1) is 0 Å². The monoisotopic (exact) mass is 167 g/mol. The molecule has 0 aromatic rings. The topological polar surface area (TPSA) is 35.2 Å². The lowest BCUT2D eigenvalue weighted by molar-refractivity contribution is 0.155. The Morgan fingerprint density at radius 3 is 2.56 bits per heavy atom. The number of hydrogen-bond acceptors (Lipinski definition) is 4. The van der Waals surface area contributed by atoms with Crippen molar-refractivity contribution in [3.63, 3.8) is 0 Å².